The Morgan fingerprint density at radius 1 is 1.17 bits per heavy atom. The van der Waals surface area contributed by atoms with Gasteiger partial charge < -0.3 is 15.4 Å². The Balaban J connectivity index is 2.08. The highest BCUT2D eigenvalue weighted by atomic mass is 16.3. The van der Waals surface area contributed by atoms with E-state index in [1.54, 1.807) is 24.4 Å². The largest absolute Gasteiger partial charge is 0.501 e. The van der Waals surface area contributed by atoms with Gasteiger partial charge in [-0.3, -0.25) is 19.5 Å². The molecule has 29 heavy (non-hydrogen) atoms. The van der Waals surface area contributed by atoms with Crippen molar-refractivity contribution in [3.05, 3.63) is 40.4 Å². The molecule has 0 saturated heterocycles. The minimum Gasteiger partial charge on any atom is -0.501 e. The lowest BCUT2D eigenvalue weighted by Crippen LogP contribution is -2.53. The van der Waals surface area contributed by atoms with Crippen LogP contribution in [0.3, 0.4) is 0 Å². The smallest absolute Gasteiger partial charge is 0.294 e. The molecule has 0 aliphatic carbocycles. The first kappa shape index (κ1) is 22.5. The predicted octanol–water partition coefficient (Wildman–Crippen LogP) is 2.56. The molecular weight excluding hydrogens is 370 g/mol. The maximum absolute atomic E-state index is 12.5. The number of amides is 1. The van der Waals surface area contributed by atoms with Crippen LogP contribution in [0.5, 0.6) is 5.75 Å². The van der Waals surface area contributed by atoms with E-state index < -0.39 is 17.2 Å². The number of carbonyl (C=O) groups excluding carboxylic acids is 1. The van der Waals surface area contributed by atoms with Crippen molar-refractivity contribution in [2.75, 3.05) is 13.1 Å². The van der Waals surface area contributed by atoms with Crippen LogP contribution in [0.15, 0.2) is 29.2 Å². The minimum absolute atomic E-state index is 0.00755. The van der Waals surface area contributed by atoms with Crippen molar-refractivity contribution in [1.29, 1.82) is 0 Å². The number of pyridine rings is 1. The predicted molar refractivity (Wildman–Crippen MR) is 113 cm³/mol. The molecule has 3 N–H and O–H groups in total. The summed E-state index contributed by atoms with van der Waals surface area (Å²) in [5, 5.41) is 12.7. The maximum Gasteiger partial charge on any atom is 0.294 e. The topological polar surface area (TPSA) is 111 Å². The second kappa shape index (κ2) is 8.73. The lowest BCUT2D eigenvalue weighted by molar-refractivity contribution is 0.0375. The summed E-state index contributed by atoms with van der Waals surface area (Å²) in [6, 6.07) is 5.13. The summed E-state index contributed by atoms with van der Waals surface area (Å²) in [6.45, 7) is 14.2. The Kier molecular flexibility index (Phi) is 6.79. The van der Waals surface area contributed by atoms with Gasteiger partial charge in [0.1, 0.15) is 5.69 Å². The highest BCUT2D eigenvalue weighted by molar-refractivity contribution is 5.95. The van der Waals surface area contributed by atoms with Gasteiger partial charge in [-0.1, -0.05) is 6.07 Å². The van der Waals surface area contributed by atoms with Crippen molar-refractivity contribution in [2.45, 2.75) is 59.0 Å². The highest BCUT2D eigenvalue weighted by Gasteiger charge is 2.30. The average Bonchev–Trinajstić information content (AvgIpc) is 2.62. The van der Waals surface area contributed by atoms with Gasteiger partial charge in [-0.25, -0.2) is 4.98 Å². The first-order chi connectivity index (χ1) is 13.4. The molecule has 8 heteroatoms. The second-order valence-corrected chi connectivity index (χ2v) is 8.93. The lowest BCUT2D eigenvalue weighted by atomic mass is 9.95. The van der Waals surface area contributed by atoms with Crippen LogP contribution >= 0.6 is 0 Å². The van der Waals surface area contributed by atoms with Gasteiger partial charge in [0, 0.05) is 30.4 Å². The monoisotopic (exact) mass is 401 g/mol. The number of nitrogens with one attached hydrogen (secondary N) is 2. The Bertz CT molecular complexity index is 881. The Morgan fingerprint density at radius 3 is 2.38 bits per heavy atom. The summed E-state index contributed by atoms with van der Waals surface area (Å²) >= 11 is 0. The summed E-state index contributed by atoms with van der Waals surface area (Å²) in [4.78, 5) is 37.6. The van der Waals surface area contributed by atoms with Gasteiger partial charge >= 0.3 is 0 Å². The zero-order valence-electron chi connectivity index (χ0n) is 18.0. The molecule has 8 nitrogen and oxygen atoms in total. The third-order valence-electron chi connectivity index (χ3n) is 4.48. The summed E-state index contributed by atoms with van der Waals surface area (Å²) in [6.07, 6.45) is 2.27. The van der Waals surface area contributed by atoms with Gasteiger partial charge in [0.2, 0.25) is 5.75 Å². The van der Waals surface area contributed by atoms with Crippen LogP contribution in [0.2, 0.25) is 0 Å². The van der Waals surface area contributed by atoms with E-state index in [0.29, 0.717) is 12.2 Å². The van der Waals surface area contributed by atoms with Gasteiger partial charge in [-0.2, -0.15) is 0 Å². The van der Waals surface area contributed by atoms with Gasteiger partial charge in [-0.05, 0) is 60.1 Å². The van der Waals surface area contributed by atoms with E-state index in [1.807, 2.05) is 0 Å². The Morgan fingerprint density at radius 2 is 1.83 bits per heavy atom. The van der Waals surface area contributed by atoms with E-state index in [0.717, 1.165) is 13.0 Å². The normalized spacial score (nSPS) is 12.2. The van der Waals surface area contributed by atoms with Crippen LogP contribution < -0.4 is 10.9 Å². The highest BCUT2D eigenvalue weighted by Crippen LogP contribution is 2.24. The van der Waals surface area contributed by atoms with Crippen molar-refractivity contribution in [2.24, 2.45) is 0 Å². The lowest BCUT2D eigenvalue weighted by Gasteiger charge is -2.45. The molecule has 0 spiro atoms. The van der Waals surface area contributed by atoms with Crippen LogP contribution in [-0.2, 0) is 0 Å². The number of nitrogens with zero attached hydrogens (tertiary/aromatic N) is 3. The molecule has 0 aliphatic rings. The number of hydrogen-bond donors (Lipinski definition) is 3. The van der Waals surface area contributed by atoms with Crippen LogP contribution in [0.25, 0.3) is 11.5 Å². The van der Waals surface area contributed by atoms with Gasteiger partial charge in [0.25, 0.3) is 11.5 Å². The molecule has 2 rings (SSSR count). The number of aromatic hydroxyl groups is 1. The quantitative estimate of drug-likeness (QED) is 0.642. The molecule has 2 heterocycles. The van der Waals surface area contributed by atoms with E-state index in [9.17, 15) is 14.7 Å². The third-order valence-corrected chi connectivity index (χ3v) is 4.48. The molecule has 158 valence electrons. The van der Waals surface area contributed by atoms with Crippen molar-refractivity contribution in [1.82, 2.24) is 25.2 Å². The van der Waals surface area contributed by atoms with Gasteiger partial charge in [0.15, 0.2) is 11.5 Å². The SMILES string of the molecule is CC(C)(C)N(CCCNC(=O)c1nc(-c2ccccn2)[nH]c(=O)c1O)C(C)(C)C. The van der Waals surface area contributed by atoms with Crippen molar-refractivity contribution >= 4 is 5.91 Å². The molecule has 2 aromatic heterocycles. The first-order valence-corrected chi connectivity index (χ1v) is 9.72. The molecule has 0 aromatic carbocycles. The number of rotatable bonds is 6. The van der Waals surface area contributed by atoms with Gasteiger partial charge in [-0.15, -0.1) is 0 Å². The van der Waals surface area contributed by atoms with E-state index in [-0.39, 0.29) is 22.6 Å². The average molecular weight is 402 g/mol. The summed E-state index contributed by atoms with van der Waals surface area (Å²) in [7, 11) is 0. The molecule has 0 atom stereocenters. The van der Waals surface area contributed by atoms with Crippen molar-refractivity contribution < 1.29 is 9.90 Å². The number of aromatic nitrogens is 3. The van der Waals surface area contributed by atoms with E-state index in [2.05, 4.69) is 66.7 Å². The first-order valence-electron chi connectivity index (χ1n) is 9.72. The molecule has 0 bridgehead atoms. The van der Waals surface area contributed by atoms with E-state index in [1.165, 1.54) is 0 Å². The Hall–Kier alpha value is -2.74. The van der Waals surface area contributed by atoms with Crippen molar-refractivity contribution in [3.8, 4) is 17.3 Å². The Labute approximate surface area is 171 Å². The summed E-state index contributed by atoms with van der Waals surface area (Å²) in [5.41, 5.74) is -0.696. The standard InChI is InChI=1S/C21H31N5O3/c1-20(2,3)26(21(4,5)6)13-9-12-23-18(28)15-16(27)19(29)25-17(24-15)14-10-7-8-11-22-14/h7-8,10-11,27H,9,12-13H2,1-6H3,(H,23,28)(H,24,25,29). The fourth-order valence-electron chi connectivity index (χ4n) is 3.45. The minimum atomic E-state index is -0.780. The van der Waals surface area contributed by atoms with Crippen LogP contribution in [0.4, 0.5) is 0 Å². The molecule has 0 fully saturated rings. The number of H-pyrrole nitrogens is 1. The fourth-order valence-corrected chi connectivity index (χ4v) is 3.45. The molecule has 0 saturated carbocycles. The molecule has 0 radical (unpaired) electrons. The zero-order valence-corrected chi connectivity index (χ0v) is 18.0. The van der Waals surface area contributed by atoms with Crippen molar-refractivity contribution in [3.63, 3.8) is 0 Å². The van der Waals surface area contributed by atoms with Crippen LogP contribution in [0, 0.1) is 0 Å². The van der Waals surface area contributed by atoms with Crippen LogP contribution in [-0.4, -0.2) is 55.0 Å². The molecule has 0 unspecified atom stereocenters. The molecule has 2 aromatic rings. The fraction of sp³-hybridized carbons (Fsp3) is 0.524. The molecule has 1 amide bonds. The summed E-state index contributed by atoms with van der Waals surface area (Å²) < 4.78 is 0. The number of hydrogen-bond acceptors (Lipinski definition) is 6. The molecular formula is C21H31N5O3. The second-order valence-electron chi connectivity index (χ2n) is 8.93. The molecule has 0 aliphatic heterocycles. The third kappa shape index (κ3) is 5.87. The zero-order chi connectivity index (χ0) is 21.8. The number of aromatic amines is 1. The summed E-state index contributed by atoms with van der Waals surface area (Å²) in [5.74, 6) is -1.16. The van der Waals surface area contributed by atoms with Crippen LogP contribution in [0.1, 0.15) is 58.5 Å². The van der Waals surface area contributed by atoms with E-state index >= 15 is 0 Å². The number of carbonyl (C=O) groups is 1. The van der Waals surface area contributed by atoms with Gasteiger partial charge in [0.05, 0.1) is 0 Å². The van der Waals surface area contributed by atoms with E-state index in [4.69, 9.17) is 0 Å². The maximum atomic E-state index is 12.5.